The van der Waals surface area contributed by atoms with E-state index in [4.69, 9.17) is 0 Å². The minimum Gasteiger partial charge on any atom is -0.335 e. The minimum absolute atomic E-state index is 0.00979. The first-order valence-corrected chi connectivity index (χ1v) is 11.3. The Balaban J connectivity index is 1.35. The lowest BCUT2D eigenvalue weighted by molar-refractivity contribution is -0.122. The van der Waals surface area contributed by atoms with Crippen LogP contribution in [0.1, 0.15) is 51.1 Å². The normalized spacial score (nSPS) is 23.4. The van der Waals surface area contributed by atoms with Crippen LogP contribution in [0.5, 0.6) is 0 Å². The first kappa shape index (κ1) is 21.7. The number of imide groups is 1. The molecule has 2 atom stereocenters. The summed E-state index contributed by atoms with van der Waals surface area (Å²) in [4.78, 5) is 42.9. The molecule has 2 fully saturated rings. The number of urea groups is 1. The molecule has 2 aliphatic rings. The van der Waals surface area contributed by atoms with Crippen LogP contribution in [0.2, 0.25) is 0 Å². The summed E-state index contributed by atoms with van der Waals surface area (Å²) in [6.45, 7) is 5.52. The molecule has 1 aliphatic carbocycles. The summed E-state index contributed by atoms with van der Waals surface area (Å²) in [6, 6.07) is -0.255. The predicted octanol–water partition coefficient (Wildman–Crippen LogP) is 2.51. The maximum Gasteiger partial charge on any atom is 0.321 e. The van der Waals surface area contributed by atoms with Crippen molar-refractivity contribution < 1.29 is 14.4 Å². The number of anilines is 1. The Labute approximate surface area is 175 Å². The molecule has 0 bridgehead atoms. The fourth-order valence-electron chi connectivity index (χ4n) is 4.08. The topological polar surface area (TPSA) is 103 Å². The summed E-state index contributed by atoms with van der Waals surface area (Å²) >= 11 is 1.42. The maximum atomic E-state index is 12.4. The number of thiazole rings is 1. The second kappa shape index (κ2) is 10.2. The fourth-order valence-corrected chi connectivity index (χ4v) is 4.77. The van der Waals surface area contributed by atoms with Gasteiger partial charge >= 0.3 is 6.03 Å². The van der Waals surface area contributed by atoms with Gasteiger partial charge in [0.25, 0.3) is 0 Å². The van der Waals surface area contributed by atoms with Crippen molar-refractivity contribution in [1.82, 2.24) is 20.5 Å². The van der Waals surface area contributed by atoms with Gasteiger partial charge in [-0.1, -0.05) is 19.8 Å². The zero-order chi connectivity index (χ0) is 20.8. The standard InChI is InChI=1S/C20H31N5O3S/c1-13-5-3-4-6-16(13)22-19(28)23-17(26)11-25-9-7-15(8-10-25)18(27)24-20-21-14(2)12-29-20/h12-13,15-16H,3-11H2,1-2H3,(H,21,24,27)(H2,22,23,26,28)/t13-,16+/m1/s1. The van der Waals surface area contributed by atoms with Crippen molar-refractivity contribution in [3.05, 3.63) is 11.1 Å². The molecule has 0 aromatic carbocycles. The van der Waals surface area contributed by atoms with E-state index < -0.39 is 6.03 Å². The molecule has 2 heterocycles. The third kappa shape index (κ3) is 6.50. The SMILES string of the molecule is Cc1csc(NC(=O)C2CCN(CC(=O)NC(=O)N[C@H]3CCCC[C@H]3C)CC2)n1. The van der Waals surface area contributed by atoms with Crippen LogP contribution in [0, 0.1) is 18.8 Å². The van der Waals surface area contributed by atoms with Gasteiger partial charge in [0.05, 0.1) is 12.2 Å². The number of carbonyl (C=O) groups excluding carboxylic acids is 3. The summed E-state index contributed by atoms with van der Waals surface area (Å²) in [5, 5.41) is 10.8. The average molecular weight is 422 g/mol. The smallest absolute Gasteiger partial charge is 0.321 e. The molecule has 0 spiro atoms. The number of carbonyl (C=O) groups is 3. The first-order chi connectivity index (χ1) is 13.9. The summed E-state index contributed by atoms with van der Waals surface area (Å²) in [6.07, 6.45) is 5.79. The number of amides is 4. The summed E-state index contributed by atoms with van der Waals surface area (Å²) < 4.78 is 0. The largest absolute Gasteiger partial charge is 0.335 e. The Morgan fingerprint density at radius 3 is 2.55 bits per heavy atom. The molecule has 160 valence electrons. The van der Waals surface area contributed by atoms with Crippen LogP contribution in [0.15, 0.2) is 5.38 Å². The molecule has 1 aliphatic heterocycles. The Hall–Kier alpha value is -2.00. The van der Waals surface area contributed by atoms with Crippen molar-refractivity contribution in [3.8, 4) is 0 Å². The minimum atomic E-state index is -0.401. The van der Waals surface area contributed by atoms with Crippen LogP contribution in [0.25, 0.3) is 0 Å². The van der Waals surface area contributed by atoms with Crippen molar-refractivity contribution in [2.45, 2.75) is 58.4 Å². The van der Waals surface area contributed by atoms with Gasteiger partial charge in [0, 0.05) is 17.3 Å². The molecule has 4 amide bonds. The van der Waals surface area contributed by atoms with Crippen molar-refractivity contribution in [3.63, 3.8) is 0 Å². The van der Waals surface area contributed by atoms with E-state index in [0.29, 0.717) is 37.0 Å². The number of aromatic nitrogens is 1. The van der Waals surface area contributed by atoms with Crippen molar-refractivity contribution in [1.29, 1.82) is 0 Å². The lowest BCUT2D eigenvalue weighted by atomic mass is 9.86. The van der Waals surface area contributed by atoms with Crippen molar-refractivity contribution >= 4 is 34.3 Å². The predicted molar refractivity (Wildman–Crippen MR) is 113 cm³/mol. The lowest BCUT2D eigenvalue weighted by Gasteiger charge is -2.31. The van der Waals surface area contributed by atoms with Crippen LogP contribution in [0.4, 0.5) is 9.93 Å². The van der Waals surface area contributed by atoms with E-state index in [1.54, 1.807) is 0 Å². The van der Waals surface area contributed by atoms with E-state index in [1.165, 1.54) is 17.8 Å². The molecule has 8 nitrogen and oxygen atoms in total. The highest BCUT2D eigenvalue weighted by molar-refractivity contribution is 7.13. The summed E-state index contributed by atoms with van der Waals surface area (Å²) in [5.74, 6) is 0.0641. The zero-order valence-electron chi connectivity index (χ0n) is 17.2. The molecule has 1 aromatic heterocycles. The monoisotopic (exact) mass is 421 g/mol. The van der Waals surface area contributed by atoms with E-state index in [9.17, 15) is 14.4 Å². The summed E-state index contributed by atoms with van der Waals surface area (Å²) in [7, 11) is 0. The van der Waals surface area contributed by atoms with Gasteiger partial charge in [0.15, 0.2) is 5.13 Å². The van der Waals surface area contributed by atoms with Crippen LogP contribution in [0.3, 0.4) is 0 Å². The number of nitrogens with one attached hydrogen (secondary N) is 3. The van der Waals surface area contributed by atoms with Gasteiger partial charge in [-0.15, -0.1) is 11.3 Å². The number of hydrogen-bond acceptors (Lipinski definition) is 6. The fraction of sp³-hybridized carbons (Fsp3) is 0.700. The van der Waals surface area contributed by atoms with Gasteiger partial charge in [0.2, 0.25) is 11.8 Å². The molecular formula is C20H31N5O3S. The second-order valence-corrected chi connectivity index (χ2v) is 9.08. The number of aryl methyl sites for hydroxylation is 1. The van der Waals surface area contributed by atoms with Crippen LogP contribution < -0.4 is 16.0 Å². The van der Waals surface area contributed by atoms with Gasteiger partial charge in [-0.25, -0.2) is 9.78 Å². The van der Waals surface area contributed by atoms with E-state index in [0.717, 1.165) is 25.0 Å². The van der Waals surface area contributed by atoms with E-state index in [1.807, 2.05) is 17.2 Å². The van der Waals surface area contributed by atoms with E-state index in [-0.39, 0.29) is 30.3 Å². The van der Waals surface area contributed by atoms with Crippen molar-refractivity contribution in [2.24, 2.45) is 11.8 Å². The second-order valence-electron chi connectivity index (χ2n) is 8.22. The third-order valence-corrected chi connectivity index (χ3v) is 6.73. The highest BCUT2D eigenvalue weighted by Crippen LogP contribution is 2.24. The quantitative estimate of drug-likeness (QED) is 0.678. The van der Waals surface area contributed by atoms with Gasteiger partial charge in [-0.2, -0.15) is 0 Å². The first-order valence-electron chi connectivity index (χ1n) is 10.5. The molecule has 3 rings (SSSR count). The molecule has 1 saturated carbocycles. The molecule has 29 heavy (non-hydrogen) atoms. The lowest BCUT2D eigenvalue weighted by Crippen LogP contribution is -2.50. The molecule has 3 N–H and O–H groups in total. The van der Waals surface area contributed by atoms with E-state index in [2.05, 4.69) is 27.9 Å². The summed E-state index contributed by atoms with van der Waals surface area (Å²) in [5.41, 5.74) is 0.896. The highest BCUT2D eigenvalue weighted by Gasteiger charge is 2.27. The Bertz CT molecular complexity index is 729. The number of piperidine rings is 1. The van der Waals surface area contributed by atoms with Gasteiger partial charge in [-0.05, 0) is 51.6 Å². The third-order valence-electron chi connectivity index (χ3n) is 5.86. The van der Waals surface area contributed by atoms with Crippen molar-refractivity contribution in [2.75, 3.05) is 25.0 Å². The molecule has 1 saturated heterocycles. The van der Waals surface area contributed by atoms with E-state index >= 15 is 0 Å². The number of nitrogens with zero attached hydrogens (tertiary/aromatic N) is 2. The molecule has 9 heteroatoms. The van der Waals surface area contributed by atoms with Gasteiger partial charge < -0.3 is 10.6 Å². The number of hydrogen-bond donors (Lipinski definition) is 3. The maximum absolute atomic E-state index is 12.4. The average Bonchev–Trinajstić information content (AvgIpc) is 3.08. The van der Waals surface area contributed by atoms with Crippen LogP contribution in [-0.4, -0.2) is 53.4 Å². The van der Waals surface area contributed by atoms with Crippen LogP contribution in [-0.2, 0) is 9.59 Å². The Morgan fingerprint density at radius 1 is 1.17 bits per heavy atom. The van der Waals surface area contributed by atoms with Gasteiger partial charge in [0.1, 0.15) is 0 Å². The van der Waals surface area contributed by atoms with Crippen LogP contribution >= 0.6 is 11.3 Å². The zero-order valence-corrected chi connectivity index (χ0v) is 18.0. The Kier molecular flexibility index (Phi) is 7.60. The Morgan fingerprint density at radius 2 is 1.90 bits per heavy atom. The molecular weight excluding hydrogens is 390 g/mol. The highest BCUT2D eigenvalue weighted by atomic mass is 32.1. The molecule has 1 aromatic rings. The molecule has 0 unspecified atom stereocenters. The number of rotatable bonds is 5. The molecule has 0 radical (unpaired) electrons. The van der Waals surface area contributed by atoms with Gasteiger partial charge in [-0.3, -0.25) is 19.8 Å². The number of likely N-dealkylation sites (tertiary alicyclic amines) is 1.